The Morgan fingerprint density at radius 2 is 2.16 bits per heavy atom. The van der Waals surface area contributed by atoms with E-state index < -0.39 is 0 Å². The number of fused-ring (bicyclic) bond motifs is 1. The van der Waals surface area contributed by atoms with Crippen molar-refractivity contribution >= 4 is 28.1 Å². The molecule has 0 bridgehead atoms. The lowest BCUT2D eigenvalue weighted by atomic mass is 10.1. The predicted octanol–water partition coefficient (Wildman–Crippen LogP) is 5.38. The summed E-state index contributed by atoms with van der Waals surface area (Å²) in [4.78, 5) is 22.2. The van der Waals surface area contributed by atoms with E-state index in [2.05, 4.69) is 21.8 Å². The second kappa shape index (κ2) is 8.89. The lowest BCUT2D eigenvalue weighted by molar-refractivity contribution is 0.0940. The number of nitrogens with one attached hydrogen (secondary N) is 1. The highest BCUT2D eigenvalue weighted by molar-refractivity contribution is 7.10. The third kappa shape index (κ3) is 4.05. The van der Waals surface area contributed by atoms with E-state index >= 15 is 0 Å². The van der Waals surface area contributed by atoms with Crippen LogP contribution in [-0.2, 0) is 6.54 Å². The number of aromatic nitrogens is 3. The van der Waals surface area contributed by atoms with Crippen molar-refractivity contribution in [2.24, 2.45) is 0 Å². The molecule has 0 aliphatic heterocycles. The van der Waals surface area contributed by atoms with Crippen molar-refractivity contribution in [3.05, 3.63) is 64.4 Å². The fourth-order valence-electron chi connectivity index (χ4n) is 3.85. The smallest absolute Gasteiger partial charge is 0.254 e. The third-order valence-corrected chi connectivity index (χ3v) is 6.43. The van der Waals surface area contributed by atoms with E-state index in [4.69, 9.17) is 9.72 Å². The average molecular weight is 435 g/mol. The second-order valence-corrected chi connectivity index (χ2v) is 8.39. The highest BCUT2D eigenvalue weighted by Gasteiger charge is 2.23. The highest BCUT2D eigenvalue weighted by Crippen LogP contribution is 2.31. The van der Waals surface area contributed by atoms with E-state index in [-0.39, 0.29) is 11.9 Å². The van der Waals surface area contributed by atoms with Gasteiger partial charge in [-0.1, -0.05) is 6.92 Å². The number of carbonyl (C=O) groups is 1. The van der Waals surface area contributed by atoms with Crippen LogP contribution >= 0.6 is 11.3 Å². The molecule has 4 rings (SSSR count). The monoisotopic (exact) mass is 434 g/mol. The number of rotatable bonds is 7. The van der Waals surface area contributed by atoms with Gasteiger partial charge in [0, 0.05) is 46.5 Å². The SMILES string of the molecule is CCCn1c(C)c(C(=O)NC(C)c2nc(-c3cccnc3)cs2)c2cc(OC)ccc21. The Labute approximate surface area is 185 Å². The summed E-state index contributed by atoms with van der Waals surface area (Å²) in [7, 11) is 1.64. The molecular weight excluding hydrogens is 408 g/mol. The Bertz CT molecular complexity index is 1210. The molecule has 0 aliphatic carbocycles. The van der Waals surface area contributed by atoms with Crippen LogP contribution in [0.4, 0.5) is 0 Å². The molecule has 1 unspecified atom stereocenters. The van der Waals surface area contributed by atoms with Crippen LogP contribution in [0.15, 0.2) is 48.1 Å². The number of pyridine rings is 1. The lowest BCUT2D eigenvalue weighted by Crippen LogP contribution is -2.27. The van der Waals surface area contributed by atoms with Gasteiger partial charge in [0.1, 0.15) is 10.8 Å². The first-order valence-electron chi connectivity index (χ1n) is 10.4. The predicted molar refractivity (Wildman–Crippen MR) is 125 cm³/mol. The Kier molecular flexibility index (Phi) is 6.04. The van der Waals surface area contributed by atoms with E-state index in [1.165, 1.54) is 11.3 Å². The van der Waals surface area contributed by atoms with Crippen molar-refractivity contribution in [1.82, 2.24) is 19.9 Å². The van der Waals surface area contributed by atoms with Crippen LogP contribution in [0.5, 0.6) is 5.75 Å². The summed E-state index contributed by atoms with van der Waals surface area (Å²) in [6.45, 7) is 6.97. The molecule has 160 valence electrons. The summed E-state index contributed by atoms with van der Waals surface area (Å²) >= 11 is 1.54. The molecule has 31 heavy (non-hydrogen) atoms. The molecule has 3 aromatic heterocycles. The van der Waals surface area contributed by atoms with Crippen molar-refractivity contribution in [2.75, 3.05) is 7.11 Å². The standard InChI is InChI=1S/C24H26N4O2S/c1-5-11-28-16(3)22(19-12-18(30-4)8-9-21(19)28)23(29)26-15(2)24-27-20(14-31-24)17-7-6-10-25-13-17/h6-10,12-15H,5,11H2,1-4H3,(H,26,29). The highest BCUT2D eigenvalue weighted by atomic mass is 32.1. The maximum absolute atomic E-state index is 13.4. The summed E-state index contributed by atoms with van der Waals surface area (Å²) in [5.74, 6) is 0.639. The summed E-state index contributed by atoms with van der Waals surface area (Å²) in [6.07, 6.45) is 4.53. The molecule has 0 radical (unpaired) electrons. The normalized spacial score (nSPS) is 12.1. The number of benzene rings is 1. The van der Waals surface area contributed by atoms with E-state index in [9.17, 15) is 4.79 Å². The molecule has 0 spiro atoms. The number of methoxy groups -OCH3 is 1. The van der Waals surface area contributed by atoms with E-state index in [1.807, 2.05) is 49.6 Å². The lowest BCUT2D eigenvalue weighted by Gasteiger charge is -2.12. The molecule has 0 saturated heterocycles. The van der Waals surface area contributed by atoms with E-state index in [1.54, 1.807) is 19.5 Å². The summed E-state index contributed by atoms with van der Waals surface area (Å²) in [5, 5.41) is 6.91. The largest absolute Gasteiger partial charge is 0.497 e. The van der Waals surface area contributed by atoms with Crippen LogP contribution in [0.2, 0.25) is 0 Å². The zero-order valence-electron chi connectivity index (χ0n) is 18.2. The van der Waals surface area contributed by atoms with Crippen LogP contribution in [0.3, 0.4) is 0 Å². The minimum Gasteiger partial charge on any atom is -0.497 e. The minimum absolute atomic E-state index is 0.101. The number of carbonyl (C=O) groups excluding carboxylic acids is 1. The minimum atomic E-state index is -0.211. The Morgan fingerprint density at radius 3 is 2.87 bits per heavy atom. The van der Waals surface area contributed by atoms with Gasteiger partial charge in [-0.25, -0.2) is 4.98 Å². The maximum atomic E-state index is 13.4. The number of thiazole rings is 1. The Balaban J connectivity index is 1.64. The Morgan fingerprint density at radius 1 is 1.32 bits per heavy atom. The summed E-state index contributed by atoms with van der Waals surface area (Å²) < 4.78 is 7.61. The van der Waals surface area contributed by atoms with Gasteiger partial charge in [0.15, 0.2) is 0 Å². The number of amides is 1. The van der Waals surface area contributed by atoms with Gasteiger partial charge in [-0.15, -0.1) is 11.3 Å². The number of hydrogen-bond acceptors (Lipinski definition) is 5. The van der Waals surface area contributed by atoms with Crippen LogP contribution in [0, 0.1) is 6.92 Å². The van der Waals surface area contributed by atoms with Gasteiger partial charge in [-0.05, 0) is 50.6 Å². The topological polar surface area (TPSA) is 69.0 Å². The van der Waals surface area contributed by atoms with Crippen molar-refractivity contribution in [1.29, 1.82) is 0 Å². The van der Waals surface area contributed by atoms with Gasteiger partial charge < -0.3 is 14.6 Å². The molecule has 1 atom stereocenters. The maximum Gasteiger partial charge on any atom is 0.254 e. The first-order chi connectivity index (χ1) is 15.0. The first kappa shape index (κ1) is 21.1. The molecule has 4 aromatic rings. The molecule has 0 fully saturated rings. The van der Waals surface area contributed by atoms with Gasteiger partial charge in [0.25, 0.3) is 5.91 Å². The number of nitrogens with zero attached hydrogens (tertiary/aromatic N) is 3. The molecule has 1 N–H and O–H groups in total. The van der Waals surface area contributed by atoms with Gasteiger partial charge in [0.2, 0.25) is 0 Å². The molecule has 0 saturated carbocycles. The van der Waals surface area contributed by atoms with Gasteiger partial charge in [-0.2, -0.15) is 0 Å². The van der Waals surface area contributed by atoms with Gasteiger partial charge in [-0.3, -0.25) is 9.78 Å². The molecular formula is C24H26N4O2S. The number of ether oxygens (including phenoxy) is 1. The summed E-state index contributed by atoms with van der Waals surface area (Å²) in [5.41, 5.74) is 4.54. The fourth-order valence-corrected chi connectivity index (χ4v) is 4.69. The van der Waals surface area contributed by atoms with Crippen LogP contribution in [0.1, 0.15) is 47.4 Å². The van der Waals surface area contributed by atoms with Crippen LogP contribution in [0.25, 0.3) is 22.2 Å². The molecule has 1 aromatic carbocycles. The summed E-state index contributed by atoms with van der Waals surface area (Å²) in [6, 6.07) is 9.57. The molecule has 0 aliphatic rings. The van der Waals surface area contributed by atoms with Crippen molar-refractivity contribution in [2.45, 2.75) is 39.8 Å². The quantitative estimate of drug-likeness (QED) is 0.424. The Hall–Kier alpha value is -3.19. The zero-order chi connectivity index (χ0) is 22.0. The average Bonchev–Trinajstić information content (AvgIpc) is 3.38. The van der Waals surface area contributed by atoms with Gasteiger partial charge in [0.05, 0.1) is 24.4 Å². The van der Waals surface area contributed by atoms with Crippen LogP contribution < -0.4 is 10.1 Å². The molecule has 3 heterocycles. The molecule has 1 amide bonds. The van der Waals surface area contributed by atoms with Crippen LogP contribution in [-0.4, -0.2) is 27.6 Å². The first-order valence-corrected chi connectivity index (χ1v) is 11.2. The fraction of sp³-hybridized carbons (Fsp3) is 0.292. The molecule has 7 heteroatoms. The number of aryl methyl sites for hydroxylation is 1. The third-order valence-electron chi connectivity index (χ3n) is 5.40. The van der Waals surface area contributed by atoms with Crippen molar-refractivity contribution < 1.29 is 9.53 Å². The zero-order valence-corrected chi connectivity index (χ0v) is 19.0. The van der Waals surface area contributed by atoms with E-state index in [0.717, 1.165) is 51.6 Å². The number of hydrogen-bond donors (Lipinski definition) is 1. The van der Waals surface area contributed by atoms with Gasteiger partial charge >= 0.3 is 0 Å². The van der Waals surface area contributed by atoms with Crippen molar-refractivity contribution in [3.8, 4) is 17.0 Å². The van der Waals surface area contributed by atoms with Crippen molar-refractivity contribution in [3.63, 3.8) is 0 Å². The second-order valence-electron chi connectivity index (χ2n) is 7.50. The molecule has 6 nitrogen and oxygen atoms in total. The van der Waals surface area contributed by atoms with E-state index in [0.29, 0.717) is 5.56 Å².